The summed E-state index contributed by atoms with van der Waals surface area (Å²) < 4.78 is 10.5. The van der Waals surface area contributed by atoms with Gasteiger partial charge in [0.15, 0.2) is 6.10 Å². The Balaban J connectivity index is 3.91. The quantitative estimate of drug-likeness (QED) is 0.0295. The standard InChI is InChI=1S/C40H66O7/c1-3-5-7-8-9-10-11-12-13-17-20-26-32-39(44)46-35-38(34-41)47-40(45)33-27-21-25-31-37(43)30-24-19-16-14-15-18-23-29-36(42)28-22-6-4-2/h6,15-16,18-19,22-25,29-31,36-38,41-43H,3-5,7-14,17,20-21,26-28,32-35H2,1-2H3/b18-15-,19-16-,22-6-,29-23+,30-24+,31-25-/t36-,37-,38-/m0/s1. The van der Waals surface area contributed by atoms with Gasteiger partial charge in [0.2, 0.25) is 0 Å². The van der Waals surface area contributed by atoms with Crippen molar-refractivity contribution in [1.29, 1.82) is 0 Å². The number of carbonyl (C=O) groups excluding carboxylic acids is 2. The van der Waals surface area contributed by atoms with Gasteiger partial charge in [0.1, 0.15) is 6.61 Å². The molecule has 0 aromatic carbocycles. The van der Waals surface area contributed by atoms with Crippen LogP contribution in [0.1, 0.15) is 136 Å². The van der Waals surface area contributed by atoms with Crippen LogP contribution in [0.4, 0.5) is 0 Å². The van der Waals surface area contributed by atoms with E-state index in [0.29, 0.717) is 25.7 Å². The predicted octanol–water partition coefficient (Wildman–Crippen LogP) is 8.94. The highest BCUT2D eigenvalue weighted by Crippen LogP contribution is 2.13. The summed E-state index contributed by atoms with van der Waals surface area (Å²) in [6.07, 6.45) is 38.9. The van der Waals surface area contributed by atoms with E-state index in [2.05, 4.69) is 13.8 Å². The smallest absolute Gasteiger partial charge is 0.306 e. The van der Waals surface area contributed by atoms with Crippen molar-refractivity contribution in [1.82, 2.24) is 0 Å². The van der Waals surface area contributed by atoms with E-state index in [1.165, 1.54) is 57.8 Å². The molecule has 3 N–H and O–H groups in total. The molecule has 0 fully saturated rings. The minimum absolute atomic E-state index is 0.138. The molecule has 47 heavy (non-hydrogen) atoms. The predicted molar refractivity (Wildman–Crippen MR) is 194 cm³/mol. The van der Waals surface area contributed by atoms with Crippen LogP contribution in [0.3, 0.4) is 0 Å². The van der Waals surface area contributed by atoms with Crippen LogP contribution in [0.5, 0.6) is 0 Å². The van der Waals surface area contributed by atoms with Crippen molar-refractivity contribution in [2.45, 2.75) is 154 Å². The lowest BCUT2D eigenvalue weighted by atomic mass is 10.0. The Hall–Kier alpha value is -2.74. The number of carbonyl (C=O) groups is 2. The zero-order chi connectivity index (χ0) is 34.6. The molecule has 0 heterocycles. The molecule has 0 aliphatic heterocycles. The molecule has 0 spiro atoms. The minimum atomic E-state index is -0.859. The van der Waals surface area contributed by atoms with Crippen LogP contribution in [0.25, 0.3) is 0 Å². The summed E-state index contributed by atoms with van der Waals surface area (Å²) in [6.45, 7) is 3.76. The fourth-order valence-corrected chi connectivity index (χ4v) is 4.65. The van der Waals surface area contributed by atoms with Crippen LogP contribution in [0, 0.1) is 0 Å². The highest BCUT2D eigenvalue weighted by molar-refractivity contribution is 5.70. The molecule has 0 aromatic heterocycles. The first-order valence-corrected chi connectivity index (χ1v) is 18.2. The van der Waals surface area contributed by atoms with Crippen molar-refractivity contribution < 1.29 is 34.4 Å². The second-order valence-electron chi connectivity index (χ2n) is 12.0. The number of unbranched alkanes of at least 4 members (excludes halogenated alkanes) is 12. The van der Waals surface area contributed by atoms with Gasteiger partial charge in [-0.05, 0) is 38.5 Å². The van der Waals surface area contributed by atoms with Crippen molar-refractivity contribution in [2.75, 3.05) is 13.2 Å². The molecule has 7 nitrogen and oxygen atoms in total. The average Bonchev–Trinajstić information content (AvgIpc) is 3.06. The van der Waals surface area contributed by atoms with Gasteiger partial charge in [-0.3, -0.25) is 9.59 Å². The van der Waals surface area contributed by atoms with Crippen LogP contribution in [0.2, 0.25) is 0 Å². The molecule has 0 saturated carbocycles. The number of ether oxygens (including phenoxy) is 2. The topological polar surface area (TPSA) is 113 Å². The van der Waals surface area contributed by atoms with Crippen molar-refractivity contribution in [2.24, 2.45) is 0 Å². The molecule has 0 aromatic rings. The molecule has 0 aliphatic rings. The van der Waals surface area contributed by atoms with Gasteiger partial charge in [-0.25, -0.2) is 0 Å². The minimum Gasteiger partial charge on any atom is -0.462 e. The largest absolute Gasteiger partial charge is 0.462 e. The lowest BCUT2D eigenvalue weighted by Gasteiger charge is -2.15. The molecule has 0 bridgehead atoms. The molecule has 3 atom stereocenters. The summed E-state index contributed by atoms with van der Waals surface area (Å²) in [5.74, 6) is -0.780. The highest BCUT2D eigenvalue weighted by Gasteiger charge is 2.16. The molecule has 0 amide bonds. The van der Waals surface area contributed by atoms with Gasteiger partial charge in [0, 0.05) is 12.8 Å². The number of aliphatic hydroxyl groups excluding tert-OH is 3. The second kappa shape index (κ2) is 34.6. The maximum atomic E-state index is 12.1. The number of aliphatic hydroxyl groups is 3. The van der Waals surface area contributed by atoms with Gasteiger partial charge in [-0.15, -0.1) is 0 Å². The molecular weight excluding hydrogens is 592 g/mol. The monoisotopic (exact) mass is 658 g/mol. The maximum Gasteiger partial charge on any atom is 0.306 e. The average molecular weight is 659 g/mol. The van der Waals surface area contributed by atoms with Crippen LogP contribution < -0.4 is 0 Å². The number of hydrogen-bond donors (Lipinski definition) is 3. The van der Waals surface area contributed by atoms with E-state index in [1.54, 1.807) is 24.3 Å². The summed E-state index contributed by atoms with van der Waals surface area (Å²) >= 11 is 0. The van der Waals surface area contributed by atoms with Crippen LogP contribution in [0.15, 0.2) is 72.9 Å². The first-order chi connectivity index (χ1) is 22.9. The molecule has 0 aliphatic carbocycles. The second-order valence-corrected chi connectivity index (χ2v) is 12.0. The zero-order valence-electron chi connectivity index (χ0n) is 29.5. The van der Waals surface area contributed by atoms with Crippen LogP contribution >= 0.6 is 0 Å². The number of allylic oxidation sites excluding steroid dienone is 8. The van der Waals surface area contributed by atoms with E-state index < -0.39 is 30.9 Å². The zero-order valence-corrected chi connectivity index (χ0v) is 29.5. The van der Waals surface area contributed by atoms with Gasteiger partial charge in [-0.2, -0.15) is 0 Å². The first-order valence-electron chi connectivity index (χ1n) is 18.2. The van der Waals surface area contributed by atoms with E-state index in [4.69, 9.17) is 9.47 Å². The molecule has 0 saturated heterocycles. The Labute approximate surface area is 286 Å². The van der Waals surface area contributed by atoms with Crippen molar-refractivity contribution in [3.8, 4) is 0 Å². The SMILES string of the molecule is CC/C=C\C[C@H](O)/C=C/C=C\C/C=C\C=C\[C@H](O)/C=C\CCCC(=O)O[C@@H](CO)COC(=O)CCCCCCCCCCCCCC. The fourth-order valence-electron chi connectivity index (χ4n) is 4.65. The third-order valence-electron chi connectivity index (χ3n) is 7.44. The summed E-state index contributed by atoms with van der Waals surface area (Å²) in [4.78, 5) is 24.2. The Kier molecular flexibility index (Phi) is 32.6. The van der Waals surface area contributed by atoms with Gasteiger partial charge >= 0.3 is 11.9 Å². The molecule has 0 unspecified atom stereocenters. The Morgan fingerprint density at radius 1 is 0.638 bits per heavy atom. The third-order valence-corrected chi connectivity index (χ3v) is 7.44. The lowest BCUT2D eigenvalue weighted by Crippen LogP contribution is -2.28. The number of rotatable bonds is 31. The van der Waals surface area contributed by atoms with E-state index in [1.807, 2.05) is 48.6 Å². The van der Waals surface area contributed by atoms with Crippen LogP contribution in [-0.4, -0.2) is 58.8 Å². The van der Waals surface area contributed by atoms with E-state index >= 15 is 0 Å². The van der Waals surface area contributed by atoms with E-state index in [9.17, 15) is 24.9 Å². The molecule has 268 valence electrons. The summed E-state index contributed by atoms with van der Waals surface area (Å²) in [5, 5.41) is 29.3. The van der Waals surface area contributed by atoms with E-state index in [0.717, 1.165) is 32.1 Å². The van der Waals surface area contributed by atoms with Crippen molar-refractivity contribution >= 4 is 11.9 Å². The third kappa shape index (κ3) is 33.0. The fraction of sp³-hybridized carbons (Fsp3) is 0.650. The van der Waals surface area contributed by atoms with Gasteiger partial charge in [0.05, 0.1) is 18.8 Å². The van der Waals surface area contributed by atoms with Crippen molar-refractivity contribution in [3.63, 3.8) is 0 Å². The molecule has 0 rings (SSSR count). The molecule has 0 radical (unpaired) electrons. The van der Waals surface area contributed by atoms with Crippen LogP contribution in [-0.2, 0) is 19.1 Å². The Morgan fingerprint density at radius 2 is 1.23 bits per heavy atom. The van der Waals surface area contributed by atoms with E-state index in [-0.39, 0.29) is 19.0 Å². The summed E-state index contributed by atoms with van der Waals surface area (Å²) in [5.41, 5.74) is 0. The summed E-state index contributed by atoms with van der Waals surface area (Å²) in [7, 11) is 0. The summed E-state index contributed by atoms with van der Waals surface area (Å²) in [6, 6.07) is 0. The Bertz CT molecular complexity index is 916. The Morgan fingerprint density at radius 3 is 1.85 bits per heavy atom. The van der Waals surface area contributed by atoms with Crippen molar-refractivity contribution in [3.05, 3.63) is 72.9 Å². The van der Waals surface area contributed by atoms with Gasteiger partial charge in [0.25, 0.3) is 0 Å². The maximum absolute atomic E-state index is 12.1. The lowest BCUT2D eigenvalue weighted by molar-refractivity contribution is -0.161. The first kappa shape index (κ1) is 44.3. The number of esters is 2. The highest BCUT2D eigenvalue weighted by atomic mass is 16.6. The van der Waals surface area contributed by atoms with Gasteiger partial charge in [-0.1, -0.05) is 157 Å². The normalized spacial score (nSPS) is 14.4. The molecular formula is C40H66O7. The number of hydrogen-bond acceptors (Lipinski definition) is 7. The molecule has 7 heteroatoms. The van der Waals surface area contributed by atoms with Gasteiger partial charge < -0.3 is 24.8 Å².